The van der Waals surface area contributed by atoms with Crippen LogP contribution in [0.15, 0.2) is 15.8 Å². The first-order valence-corrected chi connectivity index (χ1v) is 15.0. The lowest BCUT2D eigenvalue weighted by molar-refractivity contribution is -0.157. The second-order valence-electron chi connectivity index (χ2n) is 8.19. The summed E-state index contributed by atoms with van der Waals surface area (Å²) in [7, 11) is -16.8. The molecule has 1 saturated carbocycles. The second kappa shape index (κ2) is 11.1. The van der Waals surface area contributed by atoms with Gasteiger partial charge >= 0.3 is 35.1 Å². The van der Waals surface area contributed by atoms with Crippen LogP contribution in [0, 0.1) is 12.8 Å². The van der Waals surface area contributed by atoms with Gasteiger partial charge in [-0.05, 0) is 19.8 Å². The third kappa shape index (κ3) is 8.01. The van der Waals surface area contributed by atoms with E-state index in [2.05, 4.69) is 18.1 Å². The molecule has 20 heteroatoms. The van der Waals surface area contributed by atoms with Crippen LogP contribution in [0.25, 0.3) is 0 Å². The van der Waals surface area contributed by atoms with Crippen LogP contribution in [0.5, 0.6) is 0 Å². The van der Waals surface area contributed by atoms with E-state index in [1.807, 2.05) is 0 Å². The fraction of sp³-hybridized carbons (Fsp3) is 0.688. The number of hydrogen-bond acceptors (Lipinski definition) is 11. The standard InChI is InChI=1S/C16H25N2O15P3/c1-9-7-18(16(21)17-14(9)19)13-6-11(31-15(20)10-4-2-3-5-10)12(30-13)8-29-35(25,26)33-36(27,28)32-34(22,23)24/h7,10-13H,2-6,8H2,1H3,(H,25,26)(H,27,28)(H,17,19,21)(H2,22,23,24)/t11?,12-,13-/m1/s1. The molecule has 3 rings (SSSR count). The zero-order valence-corrected chi connectivity index (χ0v) is 21.4. The summed E-state index contributed by atoms with van der Waals surface area (Å²) in [6.07, 6.45) is 0.515. The number of H-pyrrole nitrogens is 1. The minimum Gasteiger partial charge on any atom is -0.459 e. The van der Waals surface area contributed by atoms with Crippen LogP contribution < -0.4 is 11.2 Å². The van der Waals surface area contributed by atoms with Crippen molar-refractivity contribution in [1.29, 1.82) is 0 Å². The Bertz CT molecular complexity index is 1230. The molecule has 2 heterocycles. The molecular formula is C16H25N2O15P3. The Morgan fingerprint density at radius 1 is 1.11 bits per heavy atom. The minimum atomic E-state index is -5.73. The molecule has 1 aliphatic carbocycles. The highest BCUT2D eigenvalue weighted by Crippen LogP contribution is 2.66. The van der Waals surface area contributed by atoms with Crippen molar-refractivity contribution in [3.05, 3.63) is 32.6 Å². The Morgan fingerprint density at radius 2 is 1.75 bits per heavy atom. The van der Waals surface area contributed by atoms with Crippen molar-refractivity contribution in [3.63, 3.8) is 0 Å². The van der Waals surface area contributed by atoms with Crippen molar-refractivity contribution >= 4 is 29.4 Å². The van der Waals surface area contributed by atoms with Gasteiger partial charge in [0.15, 0.2) is 0 Å². The fourth-order valence-electron chi connectivity index (χ4n) is 3.82. The number of carbonyl (C=O) groups excluding carboxylic acids is 1. The average molecular weight is 578 g/mol. The average Bonchev–Trinajstić information content (AvgIpc) is 3.37. The maximum absolute atomic E-state index is 12.6. The molecule has 204 valence electrons. The molecule has 1 aliphatic heterocycles. The first-order valence-electron chi connectivity index (χ1n) is 10.5. The number of aryl methyl sites for hydroxylation is 1. The lowest BCUT2D eigenvalue weighted by Crippen LogP contribution is -2.33. The van der Waals surface area contributed by atoms with Gasteiger partial charge in [0.25, 0.3) is 5.56 Å². The summed E-state index contributed by atoms with van der Waals surface area (Å²) in [6.45, 7) is 0.564. The van der Waals surface area contributed by atoms with Crippen molar-refractivity contribution in [1.82, 2.24) is 9.55 Å². The van der Waals surface area contributed by atoms with Gasteiger partial charge in [-0.3, -0.25) is 23.7 Å². The quantitative estimate of drug-likeness (QED) is 0.188. The predicted octanol–water partition coefficient (Wildman–Crippen LogP) is 0.578. The van der Waals surface area contributed by atoms with E-state index in [-0.39, 0.29) is 17.9 Å². The van der Waals surface area contributed by atoms with E-state index in [0.717, 1.165) is 17.4 Å². The van der Waals surface area contributed by atoms with E-state index >= 15 is 0 Å². The Kier molecular flexibility index (Phi) is 8.96. The number of phosphoric ester groups is 1. The molecule has 5 N–H and O–H groups in total. The van der Waals surface area contributed by atoms with Crippen molar-refractivity contribution in [2.75, 3.05) is 6.61 Å². The molecule has 0 aromatic carbocycles. The highest BCUT2D eigenvalue weighted by molar-refractivity contribution is 7.66. The summed E-state index contributed by atoms with van der Waals surface area (Å²) in [4.78, 5) is 74.8. The summed E-state index contributed by atoms with van der Waals surface area (Å²) in [5.41, 5.74) is -1.28. The highest BCUT2D eigenvalue weighted by atomic mass is 31.3. The number of esters is 1. The summed E-state index contributed by atoms with van der Waals surface area (Å²) >= 11 is 0. The van der Waals surface area contributed by atoms with E-state index in [4.69, 9.17) is 19.3 Å². The molecule has 36 heavy (non-hydrogen) atoms. The van der Waals surface area contributed by atoms with Crippen LogP contribution in [0.4, 0.5) is 0 Å². The number of nitrogens with zero attached hydrogens (tertiary/aromatic N) is 1. The number of hydrogen-bond donors (Lipinski definition) is 5. The van der Waals surface area contributed by atoms with Gasteiger partial charge in [-0.2, -0.15) is 8.62 Å². The maximum Gasteiger partial charge on any atom is 0.490 e. The van der Waals surface area contributed by atoms with E-state index in [9.17, 15) is 37.9 Å². The molecule has 0 radical (unpaired) electrons. The second-order valence-corrected chi connectivity index (χ2v) is 12.6. The molecule has 17 nitrogen and oxygen atoms in total. The Balaban J connectivity index is 1.76. The number of rotatable bonds is 10. The molecule has 1 saturated heterocycles. The van der Waals surface area contributed by atoms with E-state index in [1.54, 1.807) is 0 Å². The molecule has 2 fully saturated rings. The Morgan fingerprint density at radius 3 is 2.36 bits per heavy atom. The van der Waals surface area contributed by atoms with Gasteiger partial charge in [0.05, 0.1) is 12.5 Å². The number of aromatic nitrogens is 2. The first-order chi connectivity index (χ1) is 16.6. The molecule has 0 spiro atoms. The third-order valence-electron chi connectivity index (χ3n) is 5.41. The Labute approximate surface area is 202 Å². The zero-order valence-electron chi connectivity index (χ0n) is 18.7. The molecule has 0 bridgehead atoms. The van der Waals surface area contributed by atoms with Crippen LogP contribution in [-0.2, 0) is 41.1 Å². The molecule has 1 aromatic heterocycles. The smallest absolute Gasteiger partial charge is 0.459 e. The zero-order chi connectivity index (χ0) is 26.9. The van der Waals surface area contributed by atoms with Gasteiger partial charge < -0.3 is 29.0 Å². The predicted molar refractivity (Wildman–Crippen MR) is 116 cm³/mol. The first kappa shape index (κ1) is 29.1. The summed E-state index contributed by atoms with van der Waals surface area (Å²) in [5.74, 6) is -0.906. The van der Waals surface area contributed by atoms with Crippen molar-refractivity contribution < 1.29 is 60.7 Å². The van der Waals surface area contributed by atoms with Crippen LogP contribution >= 0.6 is 23.5 Å². The molecular weight excluding hydrogens is 553 g/mol. The monoisotopic (exact) mass is 578 g/mol. The van der Waals surface area contributed by atoms with Gasteiger partial charge in [-0.1, -0.05) is 12.8 Å². The van der Waals surface area contributed by atoms with Crippen LogP contribution in [0.1, 0.15) is 43.9 Å². The number of nitrogens with one attached hydrogen (secondary N) is 1. The highest BCUT2D eigenvalue weighted by Gasteiger charge is 2.44. The fourth-order valence-corrected chi connectivity index (χ4v) is 6.85. The minimum absolute atomic E-state index is 0.117. The molecule has 2 aliphatic rings. The van der Waals surface area contributed by atoms with Crippen molar-refractivity contribution in [3.8, 4) is 0 Å². The molecule has 1 aromatic rings. The summed E-state index contributed by atoms with van der Waals surface area (Å²) in [6, 6.07) is 0. The largest absolute Gasteiger partial charge is 0.490 e. The summed E-state index contributed by atoms with van der Waals surface area (Å²) < 4.78 is 58.5. The van der Waals surface area contributed by atoms with Gasteiger partial charge in [0.2, 0.25) is 0 Å². The number of ether oxygens (including phenoxy) is 2. The van der Waals surface area contributed by atoms with Crippen molar-refractivity contribution in [2.24, 2.45) is 5.92 Å². The SMILES string of the molecule is Cc1cn([C@H]2CC(OC(=O)C3CCCC3)[C@@H](COP(=O)(O)OP(=O)(O)OP(=O)(O)O)O2)c(=O)[nH]c1=O. The van der Waals surface area contributed by atoms with Gasteiger partial charge in [0, 0.05) is 18.2 Å². The van der Waals surface area contributed by atoms with Gasteiger partial charge in [-0.25, -0.2) is 18.5 Å². The van der Waals surface area contributed by atoms with Crippen LogP contribution in [0.2, 0.25) is 0 Å². The molecule has 3 unspecified atom stereocenters. The Hall–Kier alpha value is -1.48. The van der Waals surface area contributed by atoms with E-state index in [0.29, 0.717) is 12.8 Å². The van der Waals surface area contributed by atoms with Crippen LogP contribution in [-0.4, -0.2) is 53.9 Å². The summed E-state index contributed by atoms with van der Waals surface area (Å²) in [5, 5.41) is 0. The normalized spacial score (nSPS) is 26.4. The number of aromatic amines is 1. The van der Waals surface area contributed by atoms with Gasteiger partial charge in [0.1, 0.15) is 18.4 Å². The van der Waals surface area contributed by atoms with E-state index < -0.39 is 65.7 Å². The number of carbonyl (C=O) groups is 1. The van der Waals surface area contributed by atoms with Gasteiger partial charge in [-0.15, -0.1) is 0 Å². The third-order valence-corrected chi connectivity index (χ3v) is 9.21. The molecule has 5 atom stereocenters. The maximum atomic E-state index is 12.6. The number of phosphoric acid groups is 3. The van der Waals surface area contributed by atoms with E-state index in [1.165, 1.54) is 13.1 Å². The lowest BCUT2D eigenvalue weighted by atomic mass is 10.1. The van der Waals surface area contributed by atoms with Crippen LogP contribution in [0.3, 0.4) is 0 Å². The molecule has 0 amide bonds. The topological polar surface area (TPSA) is 250 Å². The van der Waals surface area contributed by atoms with Crippen molar-refractivity contribution in [2.45, 2.75) is 57.5 Å². The lowest BCUT2D eigenvalue weighted by Gasteiger charge is -2.22.